The lowest BCUT2D eigenvalue weighted by molar-refractivity contribution is -0.139. The summed E-state index contributed by atoms with van der Waals surface area (Å²) in [6.07, 6.45) is -4.99. The molecule has 2 fully saturated rings. The van der Waals surface area contributed by atoms with Crippen molar-refractivity contribution in [3.8, 4) is 0 Å². The van der Waals surface area contributed by atoms with E-state index in [9.17, 15) is 34.4 Å². The Kier molecular flexibility index (Phi) is 7.33. The summed E-state index contributed by atoms with van der Waals surface area (Å²) in [5.41, 5.74) is 4.44. The zero-order valence-electron chi connectivity index (χ0n) is 18.9. The molecule has 4 rings (SSSR count). The maximum absolute atomic E-state index is 13.9. The zero-order valence-corrected chi connectivity index (χ0v) is 19.7. The number of aryl methyl sites for hydroxylation is 1. The molecule has 0 unspecified atom stereocenters. The van der Waals surface area contributed by atoms with E-state index in [0.717, 1.165) is 11.3 Å². The first-order valence-electron chi connectivity index (χ1n) is 11.1. The number of nitrogens with two attached hydrogens (primary N) is 1. The monoisotopic (exact) mass is 513 g/mol. The number of carbonyl (C=O) groups excluding carboxylic acids is 2. The van der Waals surface area contributed by atoms with Crippen LogP contribution >= 0.6 is 11.3 Å². The number of amides is 1. The number of anilines is 1. The second-order valence-electron chi connectivity index (χ2n) is 9.03. The van der Waals surface area contributed by atoms with Gasteiger partial charge in [0.1, 0.15) is 29.7 Å². The fourth-order valence-corrected chi connectivity index (χ4v) is 5.24. The summed E-state index contributed by atoms with van der Waals surface area (Å²) >= 11 is 0.824. The van der Waals surface area contributed by atoms with Crippen LogP contribution in [-0.2, 0) is 11.8 Å². The van der Waals surface area contributed by atoms with Gasteiger partial charge in [-0.25, -0.2) is 9.37 Å². The maximum atomic E-state index is 13.9. The molecule has 7 N–H and O–H groups in total. The quantitative estimate of drug-likeness (QED) is 0.282. The van der Waals surface area contributed by atoms with E-state index < -0.39 is 66.8 Å². The number of rotatable bonds is 5. The highest BCUT2D eigenvalue weighted by atomic mass is 32.1. The highest BCUT2D eigenvalue weighted by molar-refractivity contribution is 7.12. The number of alkyl halides is 1. The lowest BCUT2D eigenvalue weighted by Gasteiger charge is -2.38. The van der Waals surface area contributed by atoms with Crippen molar-refractivity contribution in [2.75, 3.05) is 11.9 Å². The summed E-state index contributed by atoms with van der Waals surface area (Å²) < 4.78 is 21.1. The Morgan fingerprint density at radius 1 is 1.29 bits per heavy atom. The van der Waals surface area contributed by atoms with Crippen molar-refractivity contribution in [2.45, 2.75) is 67.9 Å². The molecule has 1 aliphatic heterocycles. The van der Waals surface area contributed by atoms with E-state index in [4.69, 9.17) is 10.5 Å². The highest BCUT2D eigenvalue weighted by Crippen LogP contribution is 2.34. The SMILES string of the molecule is Cn1ncc(NC(=O)c2csc(C(=O)C3(O)C[C@@H](O)C(O)[C@H](O)C3)n2)c1[C@@H]1CC[C@@H](N)[C@H](F)CO1. The molecular formula is C21H28FN5O7S. The van der Waals surface area contributed by atoms with Gasteiger partial charge in [0.2, 0.25) is 5.78 Å². The minimum Gasteiger partial charge on any atom is -0.390 e. The minimum atomic E-state index is -2.13. The molecular weight excluding hydrogens is 485 g/mol. The van der Waals surface area contributed by atoms with Crippen LogP contribution in [0.25, 0.3) is 0 Å². The predicted octanol–water partition coefficient (Wildman–Crippen LogP) is -0.564. The van der Waals surface area contributed by atoms with Crippen LogP contribution in [0.5, 0.6) is 0 Å². The maximum Gasteiger partial charge on any atom is 0.275 e. The fourth-order valence-electron chi connectivity index (χ4n) is 4.41. The third kappa shape index (κ3) is 5.14. The average Bonchev–Trinajstić information content (AvgIpc) is 3.40. The number of nitrogens with zero attached hydrogens (tertiary/aromatic N) is 3. The number of ether oxygens (including phenoxy) is 1. The Hall–Kier alpha value is -2.33. The van der Waals surface area contributed by atoms with Crippen LogP contribution < -0.4 is 11.1 Å². The number of aliphatic hydroxyl groups excluding tert-OH is 3. The van der Waals surface area contributed by atoms with Gasteiger partial charge in [0, 0.05) is 31.3 Å². The molecule has 5 atom stereocenters. The number of halogens is 1. The first-order valence-corrected chi connectivity index (χ1v) is 12.0. The third-order valence-corrected chi connectivity index (χ3v) is 7.30. The molecule has 35 heavy (non-hydrogen) atoms. The van der Waals surface area contributed by atoms with Gasteiger partial charge in [0.05, 0.1) is 36.4 Å². The number of aliphatic hydroxyl groups is 4. The number of nitrogens with one attached hydrogen (secondary N) is 1. The Balaban J connectivity index is 1.48. The molecule has 1 amide bonds. The van der Waals surface area contributed by atoms with Gasteiger partial charge in [0.25, 0.3) is 5.91 Å². The first-order chi connectivity index (χ1) is 16.5. The molecule has 0 aromatic carbocycles. The van der Waals surface area contributed by atoms with Crippen LogP contribution in [0.3, 0.4) is 0 Å². The van der Waals surface area contributed by atoms with Crippen LogP contribution in [0.15, 0.2) is 11.6 Å². The molecule has 14 heteroatoms. The smallest absolute Gasteiger partial charge is 0.275 e. The van der Waals surface area contributed by atoms with Gasteiger partial charge in [-0.2, -0.15) is 5.10 Å². The van der Waals surface area contributed by atoms with Crippen molar-refractivity contribution < 1.29 is 39.1 Å². The largest absolute Gasteiger partial charge is 0.390 e. The molecule has 2 aromatic heterocycles. The summed E-state index contributed by atoms with van der Waals surface area (Å²) in [7, 11) is 1.66. The predicted molar refractivity (Wildman–Crippen MR) is 121 cm³/mol. The van der Waals surface area contributed by atoms with Crippen molar-refractivity contribution in [3.05, 3.63) is 28.0 Å². The van der Waals surface area contributed by atoms with Crippen molar-refractivity contribution in [1.82, 2.24) is 14.8 Å². The van der Waals surface area contributed by atoms with Crippen LogP contribution in [0, 0.1) is 0 Å². The minimum absolute atomic E-state index is 0.0960. The Labute approximate surface area is 203 Å². The van der Waals surface area contributed by atoms with Crippen molar-refractivity contribution >= 4 is 28.7 Å². The van der Waals surface area contributed by atoms with Crippen molar-refractivity contribution in [1.29, 1.82) is 0 Å². The Morgan fingerprint density at radius 2 is 1.97 bits per heavy atom. The highest BCUT2D eigenvalue weighted by Gasteiger charge is 2.49. The zero-order chi connectivity index (χ0) is 25.5. The lowest BCUT2D eigenvalue weighted by atomic mass is 9.77. The Bertz CT molecular complexity index is 1070. The molecule has 0 bridgehead atoms. The molecule has 1 saturated carbocycles. The van der Waals surface area contributed by atoms with Gasteiger partial charge >= 0.3 is 0 Å². The molecule has 0 spiro atoms. The van der Waals surface area contributed by atoms with E-state index in [-0.39, 0.29) is 17.3 Å². The molecule has 1 saturated heterocycles. The van der Waals surface area contributed by atoms with Gasteiger partial charge in [-0.1, -0.05) is 0 Å². The van der Waals surface area contributed by atoms with Crippen LogP contribution in [0.1, 0.15) is 57.8 Å². The van der Waals surface area contributed by atoms with E-state index in [0.29, 0.717) is 24.2 Å². The van der Waals surface area contributed by atoms with E-state index >= 15 is 0 Å². The topological polar surface area (TPSA) is 193 Å². The molecule has 12 nitrogen and oxygen atoms in total. The van der Waals surface area contributed by atoms with Crippen LogP contribution in [0.2, 0.25) is 0 Å². The molecule has 2 aliphatic rings. The molecule has 2 aromatic rings. The summed E-state index contributed by atoms with van der Waals surface area (Å²) in [6.45, 7) is -0.175. The van der Waals surface area contributed by atoms with E-state index in [2.05, 4.69) is 15.4 Å². The fraction of sp³-hybridized carbons (Fsp3) is 0.619. The molecule has 3 heterocycles. The van der Waals surface area contributed by atoms with E-state index in [1.165, 1.54) is 16.3 Å². The Morgan fingerprint density at radius 3 is 2.66 bits per heavy atom. The van der Waals surface area contributed by atoms with Crippen molar-refractivity contribution in [2.24, 2.45) is 12.8 Å². The van der Waals surface area contributed by atoms with E-state index in [1.807, 2.05) is 0 Å². The first kappa shape index (κ1) is 25.8. The molecule has 192 valence electrons. The van der Waals surface area contributed by atoms with Gasteiger partial charge in [-0.05, 0) is 12.8 Å². The lowest BCUT2D eigenvalue weighted by Crippen LogP contribution is -2.56. The number of hydrogen-bond acceptors (Lipinski definition) is 11. The number of aromatic nitrogens is 3. The normalized spacial score (nSPS) is 33.8. The second kappa shape index (κ2) is 9.97. The summed E-state index contributed by atoms with van der Waals surface area (Å²) in [4.78, 5) is 29.7. The van der Waals surface area contributed by atoms with Crippen LogP contribution in [-0.4, -0.2) is 89.6 Å². The van der Waals surface area contributed by atoms with Gasteiger partial charge in [0.15, 0.2) is 5.01 Å². The summed E-state index contributed by atoms with van der Waals surface area (Å²) in [6, 6.07) is -0.637. The number of ketones is 1. The number of hydrogen-bond donors (Lipinski definition) is 6. The van der Waals surface area contributed by atoms with Gasteiger partial charge < -0.3 is 36.2 Å². The van der Waals surface area contributed by atoms with Gasteiger partial charge in [-0.15, -0.1) is 11.3 Å². The van der Waals surface area contributed by atoms with Crippen LogP contribution in [0.4, 0.5) is 10.1 Å². The molecule has 0 radical (unpaired) electrons. The number of Topliss-reactive ketones (excluding diaryl/α,β-unsaturated/α-hetero) is 1. The summed E-state index contributed by atoms with van der Waals surface area (Å²) in [5.74, 6) is -1.51. The second-order valence-corrected chi connectivity index (χ2v) is 9.89. The molecule has 1 aliphatic carbocycles. The van der Waals surface area contributed by atoms with E-state index in [1.54, 1.807) is 7.05 Å². The van der Waals surface area contributed by atoms with Crippen molar-refractivity contribution in [3.63, 3.8) is 0 Å². The summed E-state index contributed by atoms with van der Waals surface area (Å²) in [5, 5.41) is 48.1. The standard InChI is InChI=1S/C21H28FN5O7S/c1-27-16(15-3-2-10(23)9(22)7-34-15)11(6-24-27)25-19(32)12-8-35-20(26-12)18(31)21(33)4-13(28)17(30)14(29)5-21/h6,8-10,13-15,17,28-30,33H,2-5,7,23H2,1H3,(H,25,32)/t9-,10-,13-,14-,15+,17?,21?/m1/s1. The number of thiazole rings is 1. The third-order valence-electron chi connectivity index (χ3n) is 6.46. The average molecular weight is 514 g/mol. The van der Waals surface area contributed by atoms with Gasteiger partial charge in [-0.3, -0.25) is 14.3 Å². The number of carbonyl (C=O) groups is 2.